The van der Waals surface area contributed by atoms with Crippen molar-refractivity contribution >= 4 is 17.6 Å². The van der Waals surface area contributed by atoms with Gasteiger partial charge in [0.15, 0.2) is 5.96 Å². The Morgan fingerprint density at radius 1 is 1.21 bits per heavy atom. The summed E-state index contributed by atoms with van der Waals surface area (Å²) < 4.78 is 0. The predicted octanol–water partition coefficient (Wildman–Crippen LogP) is 1.38. The Balaban J connectivity index is 2.03. The molecule has 0 spiro atoms. The first-order valence-corrected chi connectivity index (χ1v) is 8.56. The van der Waals surface area contributed by atoms with Crippen LogP contribution in [0.15, 0.2) is 29.3 Å². The normalized spacial score (nSPS) is 15.4. The molecule has 1 heterocycles. The maximum absolute atomic E-state index is 11.5. The summed E-state index contributed by atoms with van der Waals surface area (Å²) in [6.07, 6.45) is 0. The molecule has 1 aliphatic heterocycles. The van der Waals surface area contributed by atoms with Crippen LogP contribution < -0.4 is 10.2 Å². The molecular weight excluding hydrogens is 302 g/mol. The van der Waals surface area contributed by atoms with E-state index in [2.05, 4.69) is 46.3 Å². The van der Waals surface area contributed by atoms with E-state index < -0.39 is 0 Å². The monoisotopic (exact) mass is 331 g/mol. The van der Waals surface area contributed by atoms with Gasteiger partial charge in [0, 0.05) is 59.4 Å². The first kappa shape index (κ1) is 18.1. The molecule has 2 rings (SSSR count). The molecule has 0 unspecified atom stereocenters. The number of nitrogens with one attached hydrogen (secondary N) is 1. The van der Waals surface area contributed by atoms with E-state index in [1.54, 1.807) is 6.92 Å². The molecule has 1 saturated heterocycles. The molecule has 1 fully saturated rings. The van der Waals surface area contributed by atoms with Crippen LogP contribution in [0.4, 0.5) is 5.69 Å². The molecule has 0 aromatic heterocycles. The molecule has 1 aromatic carbocycles. The lowest BCUT2D eigenvalue weighted by atomic mass is 10.2. The van der Waals surface area contributed by atoms with Crippen LogP contribution in [0.3, 0.4) is 0 Å². The number of aliphatic imine (C=N–C) groups is 1. The molecule has 24 heavy (non-hydrogen) atoms. The number of amides is 1. The molecule has 1 aromatic rings. The van der Waals surface area contributed by atoms with Gasteiger partial charge in [0.2, 0.25) is 5.91 Å². The zero-order chi connectivity index (χ0) is 17.5. The minimum Gasteiger partial charge on any atom is -0.378 e. The number of piperazine rings is 1. The first-order chi connectivity index (χ1) is 11.5. The van der Waals surface area contributed by atoms with Gasteiger partial charge in [-0.15, -0.1) is 0 Å². The molecule has 132 valence electrons. The van der Waals surface area contributed by atoms with Crippen molar-refractivity contribution < 1.29 is 4.79 Å². The van der Waals surface area contributed by atoms with Crippen molar-refractivity contribution in [2.45, 2.75) is 20.4 Å². The first-order valence-electron chi connectivity index (χ1n) is 8.56. The van der Waals surface area contributed by atoms with Crippen LogP contribution in [0.5, 0.6) is 0 Å². The van der Waals surface area contributed by atoms with Crippen LogP contribution in [-0.4, -0.2) is 68.5 Å². The van der Waals surface area contributed by atoms with E-state index >= 15 is 0 Å². The summed E-state index contributed by atoms with van der Waals surface area (Å²) in [6, 6.07) is 8.44. The lowest BCUT2D eigenvalue weighted by Gasteiger charge is -2.36. The number of anilines is 1. The molecule has 0 aliphatic carbocycles. The molecule has 0 radical (unpaired) electrons. The minimum absolute atomic E-state index is 0.150. The molecule has 1 aliphatic rings. The van der Waals surface area contributed by atoms with Gasteiger partial charge in [-0.3, -0.25) is 4.79 Å². The van der Waals surface area contributed by atoms with Gasteiger partial charge in [-0.05, 0) is 24.6 Å². The topological polar surface area (TPSA) is 51.2 Å². The number of carbonyl (C=O) groups excluding carboxylic acids is 1. The van der Waals surface area contributed by atoms with Crippen LogP contribution in [-0.2, 0) is 11.3 Å². The summed E-state index contributed by atoms with van der Waals surface area (Å²) >= 11 is 0. The number of carbonyl (C=O) groups is 1. The maximum atomic E-state index is 11.5. The Kier molecular flexibility index (Phi) is 6.46. The highest BCUT2D eigenvalue weighted by molar-refractivity contribution is 5.80. The van der Waals surface area contributed by atoms with Crippen molar-refractivity contribution in [2.75, 3.05) is 51.7 Å². The zero-order valence-electron chi connectivity index (χ0n) is 15.2. The van der Waals surface area contributed by atoms with Crippen LogP contribution in [0.2, 0.25) is 0 Å². The molecule has 0 bridgehead atoms. The van der Waals surface area contributed by atoms with E-state index in [1.165, 1.54) is 11.3 Å². The van der Waals surface area contributed by atoms with Gasteiger partial charge in [-0.2, -0.15) is 0 Å². The summed E-state index contributed by atoms with van der Waals surface area (Å²) in [5.74, 6) is 1.08. The van der Waals surface area contributed by atoms with Gasteiger partial charge in [-0.25, -0.2) is 4.99 Å². The van der Waals surface area contributed by atoms with E-state index in [4.69, 9.17) is 4.99 Å². The van der Waals surface area contributed by atoms with Crippen molar-refractivity contribution in [2.24, 2.45) is 4.99 Å². The van der Waals surface area contributed by atoms with E-state index in [9.17, 15) is 4.79 Å². The standard InChI is InChI=1S/C18H29N5O/c1-5-19-18(23-11-9-22(10-12-23)15(2)24)20-14-16-7-6-8-17(13-16)21(3)4/h6-8,13H,5,9-12,14H2,1-4H3,(H,19,20). The van der Waals surface area contributed by atoms with Crippen molar-refractivity contribution in [1.29, 1.82) is 0 Å². The van der Waals surface area contributed by atoms with Crippen molar-refractivity contribution in [3.05, 3.63) is 29.8 Å². The minimum atomic E-state index is 0.150. The highest BCUT2D eigenvalue weighted by Crippen LogP contribution is 2.14. The van der Waals surface area contributed by atoms with Gasteiger partial charge in [0.05, 0.1) is 6.54 Å². The van der Waals surface area contributed by atoms with Gasteiger partial charge >= 0.3 is 0 Å². The lowest BCUT2D eigenvalue weighted by Crippen LogP contribution is -2.53. The Morgan fingerprint density at radius 3 is 2.46 bits per heavy atom. The quantitative estimate of drug-likeness (QED) is 0.669. The third kappa shape index (κ3) is 4.88. The fourth-order valence-electron chi connectivity index (χ4n) is 2.76. The fourth-order valence-corrected chi connectivity index (χ4v) is 2.76. The maximum Gasteiger partial charge on any atom is 0.219 e. The second-order valence-electron chi connectivity index (χ2n) is 6.23. The third-order valence-corrected chi connectivity index (χ3v) is 4.20. The number of guanidine groups is 1. The molecule has 1 N–H and O–H groups in total. The van der Waals surface area contributed by atoms with Crippen LogP contribution >= 0.6 is 0 Å². The van der Waals surface area contributed by atoms with Crippen LogP contribution in [0, 0.1) is 0 Å². The number of benzene rings is 1. The van der Waals surface area contributed by atoms with Gasteiger partial charge in [0.25, 0.3) is 0 Å². The summed E-state index contributed by atoms with van der Waals surface area (Å²) in [5, 5.41) is 3.37. The summed E-state index contributed by atoms with van der Waals surface area (Å²) in [7, 11) is 4.09. The molecule has 6 nitrogen and oxygen atoms in total. The van der Waals surface area contributed by atoms with Crippen molar-refractivity contribution in [3.63, 3.8) is 0 Å². The Labute approximate surface area is 145 Å². The number of nitrogens with zero attached hydrogens (tertiary/aromatic N) is 4. The summed E-state index contributed by atoms with van der Waals surface area (Å²) in [4.78, 5) is 22.5. The number of hydrogen-bond acceptors (Lipinski definition) is 3. The number of rotatable bonds is 4. The molecule has 0 atom stereocenters. The fraction of sp³-hybridized carbons (Fsp3) is 0.556. The second-order valence-corrected chi connectivity index (χ2v) is 6.23. The van der Waals surface area contributed by atoms with Gasteiger partial charge < -0.3 is 20.0 Å². The van der Waals surface area contributed by atoms with E-state index in [0.29, 0.717) is 6.54 Å². The van der Waals surface area contributed by atoms with E-state index in [-0.39, 0.29) is 5.91 Å². The Morgan fingerprint density at radius 2 is 1.88 bits per heavy atom. The SMILES string of the molecule is CCNC(=NCc1cccc(N(C)C)c1)N1CCN(C(C)=O)CC1. The average molecular weight is 331 g/mol. The summed E-state index contributed by atoms with van der Waals surface area (Å²) in [5.41, 5.74) is 2.38. The molecular formula is C18H29N5O. The van der Waals surface area contributed by atoms with Crippen LogP contribution in [0.25, 0.3) is 0 Å². The number of hydrogen-bond donors (Lipinski definition) is 1. The summed E-state index contributed by atoms with van der Waals surface area (Å²) in [6.45, 7) is 8.36. The van der Waals surface area contributed by atoms with Crippen molar-refractivity contribution in [1.82, 2.24) is 15.1 Å². The van der Waals surface area contributed by atoms with Crippen LogP contribution in [0.1, 0.15) is 19.4 Å². The predicted molar refractivity (Wildman–Crippen MR) is 99.4 cm³/mol. The molecule has 6 heteroatoms. The molecule has 0 saturated carbocycles. The largest absolute Gasteiger partial charge is 0.378 e. The average Bonchev–Trinajstić information content (AvgIpc) is 2.59. The second kappa shape index (κ2) is 8.57. The molecule has 1 amide bonds. The highest BCUT2D eigenvalue weighted by Gasteiger charge is 2.20. The van der Waals surface area contributed by atoms with E-state index in [1.807, 2.05) is 19.0 Å². The highest BCUT2D eigenvalue weighted by atomic mass is 16.2. The van der Waals surface area contributed by atoms with Gasteiger partial charge in [0.1, 0.15) is 0 Å². The van der Waals surface area contributed by atoms with Crippen molar-refractivity contribution in [3.8, 4) is 0 Å². The Hall–Kier alpha value is -2.24. The smallest absolute Gasteiger partial charge is 0.219 e. The lowest BCUT2D eigenvalue weighted by molar-refractivity contribution is -0.130. The third-order valence-electron chi connectivity index (χ3n) is 4.20. The van der Waals surface area contributed by atoms with Gasteiger partial charge in [-0.1, -0.05) is 12.1 Å². The van der Waals surface area contributed by atoms with E-state index in [0.717, 1.165) is 38.7 Å². The zero-order valence-corrected chi connectivity index (χ0v) is 15.2. The Bertz CT molecular complexity index is 577.